The molecule has 3 aromatic heterocycles. The molecule has 4 aromatic rings. The average Bonchev–Trinajstić information content (AvgIpc) is 3.27. The lowest BCUT2D eigenvalue weighted by Gasteiger charge is -2.05. The first-order chi connectivity index (χ1) is 13.4. The number of carbonyl (C=O) groups is 1. The molecular weight excluding hydrogens is 382 g/mol. The van der Waals surface area contributed by atoms with E-state index >= 15 is 0 Å². The Bertz CT molecular complexity index is 1170. The number of aromatic nitrogens is 6. The number of fused-ring (bicyclic) bond motifs is 1. The molecule has 0 aliphatic heterocycles. The lowest BCUT2D eigenvalue weighted by Crippen LogP contribution is -2.25. The van der Waals surface area contributed by atoms with Crippen LogP contribution in [0.5, 0.6) is 0 Å². The number of aryl methyl sites for hydroxylation is 1. The van der Waals surface area contributed by atoms with Crippen LogP contribution in [0.4, 0.5) is 5.95 Å². The highest BCUT2D eigenvalue weighted by molar-refractivity contribution is 6.30. The fourth-order valence-electron chi connectivity index (χ4n) is 2.70. The molecule has 0 spiro atoms. The van der Waals surface area contributed by atoms with Crippen molar-refractivity contribution in [3.05, 3.63) is 47.9 Å². The van der Waals surface area contributed by atoms with Gasteiger partial charge in [-0.25, -0.2) is 9.50 Å². The van der Waals surface area contributed by atoms with Crippen LogP contribution in [-0.2, 0) is 11.8 Å². The first-order valence-electron chi connectivity index (χ1n) is 8.42. The monoisotopic (exact) mass is 397 g/mol. The normalized spacial score (nSPS) is 12.2. The number of nitrogens with one attached hydrogen (secondary N) is 1. The number of rotatable bonds is 5. The number of anilines is 1. The van der Waals surface area contributed by atoms with E-state index in [0.717, 1.165) is 11.1 Å². The summed E-state index contributed by atoms with van der Waals surface area (Å²) in [5, 5.41) is 21.1. The molecule has 1 atom stereocenters. The Labute approximate surface area is 164 Å². The van der Waals surface area contributed by atoms with Gasteiger partial charge in [0.1, 0.15) is 11.7 Å². The van der Waals surface area contributed by atoms with E-state index in [9.17, 15) is 4.79 Å². The molecule has 0 bridgehead atoms. The van der Waals surface area contributed by atoms with Crippen molar-refractivity contribution in [3.63, 3.8) is 0 Å². The van der Waals surface area contributed by atoms with Crippen molar-refractivity contribution in [3.8, 4) is 22.5 Å². The minimum atomic E-state index is -0.994. The predicted octanol–water partition coefficient (Wildman–Crippen LogP) is 2.73. The van der Waals surface area contributed by atoms with Crippen LogP contribution in [-0.4, -0.2) is 46.5 Å². The summed E-state index contributed by atoms with van der Waals surface area (Å²) >= 11 is 5.99. The highest BCUT2D eigenvalue weighted by Gasteiger charge is 2.18. The van der Waals surface area contributed by atoms with E-state index in [0.29, 0.717) is 22.1 Å². The number of halogens is 1. The molecule has 4 rings (SSSR count). The molecule has 0 saturated carbocycles. The molecule has 2 N–H and O–H groups in total. The third-order valence-electron chi connectivity index (χ3n) is 4.15. The van der Waals surface area contributed by atoms with Crippen LogP contribution in [0, 0.1) is 0 Å². The van der Waals surface area contributed by atoms with Crippen molar-refractivity contribution < 1.29 is 9.90 Å². The molecule has 0 aliphatic rings. The summed E-state index contributed by atoms with van der Waals surface area (Å²) in [5.41, 5.74) is 3.38. The molecule has 9 nitrogen and oxygen atoms in total. The minimum absolute atomic E-state index is 0.204. The van der Waals surface area contributed by atoms with E-state index < -0.39 is 12.0 Å². The second kappa shape index (κ2) is 6.93. The first-order valence-corrected chi connectivity index (χ1v) is 8.80. The largest absolute Gasteiger partial charge is 0.480 e. The molecule has 0 amide bonds. The number of benzene rings is 1. The van der Waals surface area contributed by atoms with Crippen molar-refractivity contribution in [2.75, 3.05) is 5.32 Å². The fourth-order valence-corrected chi connectivity index (χ4v) is 2.83. The van der Waals surface area contributed by atoms with Gasteiger partial charge in [-0.05, 0) is 19.1 Å². The Morgan fingerprint density at radius 3 is 2.57 bits per heavy atom. The maximum atomic E-state index is 11.1. The second-order valence-corrected chi connectivity index (χ2v) is 6.73. The molecule has 0 fully saturated rings. The van der Waals surface area contributed by atoms with Crippen molar-refractivity contribution in [1.29, 1.82) is 0 Å². The van der Waals surface area contributed by atoms with Gasteiger partial charge in [-0.3, -0.25) is 9.48 Å². The maximum absolute atomic E-state index is 11.1. The number of nitrogens with zero attached hydrogens (tertiary/aromatic N) is 6. The van der Waals surface area contributed by atoms with Gasteiger partial charge in [0.05, 0.1) is 18.1 Å². The van der Waals surface area contributed by atoms with Gasteiger partial charge in [0, 0.05) is 29.4 Å². The lowest BCUT2D eigenvalue weighted by atomic mass is 10.1. The number of carboxylic acids is 1. The lowest BCUT2D eigenvalue weighted by molar-refractivity contribution is -0.137. The Morgan fingerprint density at radius 2 is 1.93 bits per heavy atom. The second-order valence-electron chi connectivity index (χ2n) is 6.29. The van der Waals surface area contributed by atoms with E-state index in [1.165, 1.54) is 6.92 Å². The van der Waals surface area contributed by atoms with E-state index in [1.54, 1.807) is 33.7 Å². The summed E-state index contributed by atoms with van der Waals surface area (Å²) in [6.45, 7) is 1.52. The van der Waals surface area contributed by atoms with E-state index in [1.807, 2.05) is 25.4 Å². The summed E-state index contributed by atoms with van der Waals surface area (Å²) in [5.74, 6) is -0.790. The van der Waals surface area contributed by atoms with Crippen LogP contribution in [0.25, 0.3) is 28.2 Å². The number of hydrogen-bond acceptors (Lipinski definition) is 6. The minimum Gasteiger partial charge on any atom is -0.480 e. The van der Waals surface area contributed by atoms with Crippen molar-refractivity contribution in [1.82, 2.24) is 29.4 Å². The molecule has 142 valence electrons. The SMILES string of the molecule is C[C@H](Nc1nc2c(-c3cnn(C)c3)nc(-c3ccc(Cl)cc3)cn2n1)C(=O)O. The molecule has 0 unspecified atom stereocenters. The molecule has 0 aliphatic carbocycles. The molecule has 0 radical (unpaired) electrons. The third-order valence-corrected chi connectivity index (χ3v) is 4.41. The van der Waals surface area contributed by atoms with E-state index in [2.05, 4.69) is 20.5 Å². The summed E-state index contributed by atoms with van der Waals surface area (Å²) in [6.07, 6.45) is 5.26. The standard InChI is InChI=1S/C18H16ClN7O2/c1-10(17(27)28)21-18-23-16-15(12-7-20-25(2)8-12)22-14(9-26(16)24-18)11-3-5-13(19)6-4-11/h3-10H,1-2H3,(H,21,24)(H,27,28)/t10-/m0/s1. The van der Waals surface area contributed by atoms with E-state index in [4.69, 9.17) is 21.7 Å². The van der Waals surface area contributed by atoms with Crippen LogP contribution < -0.4 is 5.32 Å². The van der Waals surface area contributed by atoms with Gasteiger partial charge >= 0.3 is 5.97 Å². The van der Waals surface area contributed by atoms with Gasteiger partial charge in [0.15, 0.2) is 5.65 Å². The third kappa shape index (κ3) is 3.39. The van der Waals surface area contributed by atoms with Crippen molar-refractivity contribution >= 4 is 29.2 Å². The molecule has 28 heavy (non-hydrogen) atoms. The molecule has 1 aromatic carbocycles. The smallest absolute Gasteiger partial charge is 0.325 e. The Kier molecular flexibility index (Phi) is 4.44. The van der Waals surface area contributed by atoms with Gasteiger partial charge in [-0.1, -0.05) is 23.7 Å². The number of hydrogen-bond donors (Lipinski definition) is 2. The number of aliphatic carboxylic acids is 1. The van der Waals surface area contributed by atoms with Gasteiger partial charge in [0.2, 0.25) is 5.95 Å². The summed E-state index contributed by atoms with van der Waals surface area (Å²) in [4.78, 5) is 20.3. The van der Waals surface area contributed by atoms with Crippen LogP contribution in [0.1, 0.15) is 6.92 Å². The first kappa shape index (κ1) is 17.9. The topological polar surface area (TPSA) is 110 Å². The average molecular weight is 398 g/mol. The van der Waals surface area contributed by atoms with E-state index in [-0.39, 0.29) is 5.95 Å². The Morgan fingerprint density at radius 1 is 1.18 bits per heavy atom. The number of carboxylic acid groups (broad SMARTS) is 1. The van der Waals surface area contributed by atoms with Crippen LogP contribution in [0.3, 0.4) is 0 Å². The van der Waals surface area contributed by atoms with Crippen molar-refractivity contribution in [2.24, 2.45) is 7.05 Å². The van der Waals surface area contributed by atoms with Gasteiger partial charge in [-0.15, -0.1) is 5.10 Å². The highest BCUT2D eigenvalue weighted by atomic mass is 35.5. The van der Waals surface area contributed by atoms with Gasteiger partial charge in [-0.2, -0.15) is 10.1 Å². The quantitative estimate of drug-likeness (QED) is 0.532. The Balaban J connectivity index is 1.88. The van der Waals surface area contributed by atoms with Crippen LogP contribution in [0.2, 0.25) is 5.02 Å². The zero-order valence-electron chi connectivity index (χ0n) is 15.0. The van der Waals surface area contributed by atoms with Crippen molar-refractivity contribution in [2.45, 2.75) is 13.0 Å². The van der Waals surface area contributed by atoms with Crippen LogP contribution in [0.15, 0.2) is 42.9 Å². The Hall–Kier alpha value is -3.46. The molecule has 10 heteroatoms. The van der Waals surface area contributed by atoms with Crippen LogP contribution >= 0.6 is 11.6 Å². The van der Waals surface area contributed by atoms with Gasteiger partial charge < -0.3 is 10.4 Å². The molecular formula is C18H16ClN7O2. The zero-order valence-corrected chi connectivity index (χ0v) is 15.8. The fraction of sp³-hybridized carbons (Fsp3) is 0.167. The predicted molar refractivity (Wildman–Crippen MR) is 104 cm³/mol. The molecule has 0 saturated heterocycles. The summed E-state index contributed by atoms with van der Waals surface area (Å²) < 4.78 is 3.25. The summed E-state index contributed by atoms with van der Waals surface area (Å²) in [7, 11) is 1.81. The summed E-state index contributed by atoms with van der Waals surface area (Å²) in [6, 6.07) is 6.48. The maximum Gasteiger partial charge on any atom is 0.325 e. The molecule has 3 heterocycles. The highest BCUT2D eigenvalue weighted by Crippen LogP contribution is 2.27. The zero-order chi connectivity index (χ0) is 19.8. The van der Waals surface area contributed by atoms with Gasteiger partial charge in [0.25, 0.3) is 0 Å².